The van der Waals surface area contributed by atoms with Gasteiger partial charge in [-0.25, -0.2) is 4.79 Å². The highest BCUT2D eigenvalue weighted by Crippen LogP contribution is 2.31. The first-order valence-corrected chi connectivity index (χ1v) is 12.0. The maximum atomic E-state index is 12.5. The molecule has 0 saturated heterocycles. The molecule has 3 N–H and O–H groups in total. The summed E-state index contributed by atoms with van der Waals surface area (Å²) in [7, 11) is 2.14. The average Bonchev–Trinajstić information content (AvgIpc) is 3.16. The Morgan fingerprint density at radius 1 is 1.27 bits per heavy atom. The zero-order chi connectivity index (χ0) is 22.1. The van der Waals surface area contributed by atoms with Crippen molar-refractivity contribution in [3.05, 3.63) is 11.8 Å². The predicted molar refractivity (Wildman–Crippen MR) is 120 cm³/mol. The average molecular weight is 441 g/mol. The van der Waals surface area contributed by atoms with Gasteiger partial charge >= 0.3 is 5.97 Å². The molecule has 0 radical (unpaired) electrons. The normalized spacial score (nSPS) is 21.2. The Kier molecular flexibility index (Phi) is 9.71. The zero-order valence-electron chi connectivity index (χ0n) is 19.4. The minimum Gasteiger partial charge on any atom is -0.475 e. The third kappa shape index (κ3) is 7.03. The SMILES string of the molecule is CCCCCCOc1nsnc1C1=CCC[N+](C)(C(C)OC(=O)[C@@H]([NH3+])CC(C)C)C1. The summed E-state index contributed by atoms with van der Waals surface area (Å²) in [6.07, 6.45) is 8.27. The number of hydrogen-bond donors (Lipinski definition) is 1. The molecule has 2 heterocycles. The number of hydrogen-bond acceptors (Lipinski definition) is 6. The molecular weight excluding hydrogens is 400 g/mol. The molecule has 0 aromatic carbocycles. The molecule has 2 rings (SSSR count). The van der Waals surface area contributed by atoms with E-state index in [1.807, 2.05) is 6.92 Å². The quantitative estimate of drug-likeness (QED) is 0.306. The Hall–Kier alpha value is -1.51. The molecule has 1 aliphatic rings. The van der Waals surface area contributed by atoms with E-state index in [1.165, 1.54) is 31.0 Å². The van der Waals surface area contributed by atoms with E-state index in [9.17, 15) is 4.79 Å². The monoisotopic (exact) mass is 440 g/mol. The first kappa shape index (κ1) is 24.8. The Morgan fingerprint density at radius 3 is 2.73 bits per heavy atom. The summed E-state index contributed by atoms with van der Waals surface area (Å²) in [5, 5.41) is 0. The number of esters is 1. The molecule has 1 aromatic rings. The number of rotatable bonds is 12. The van der Waals surface area contributed by atoms with Crippen LogP contribution in [-0.2, 0) is 9.53 Å². The molecule has 2 unspecified atom stereocenters. The second-order valence-corrected chi connectivity index (χ2v) is 9.60. The van der Waals surface area contributed by atoms with Gasteiger partial charge in [0.2, 0.25) is 6.23 Å². The largest absolute Gasteiger partial charge is 0.475 e. The Morgan fingerprint density at radius 2 is 2.03 bits per heavy atom. The van der Waals surface area contributed by atoms with Gasteiger partial charge in [0.15, 0.2) is 6.04 Å². The van der Waals surface area contributed by atoms with E-state index in [1.54, 1.807) is 0 Å². The minimum atomic E-state index is -0.325. The van der Waals surface area contributed by atoms with E-state index in [2.05, 4.69) is 48.4 Å². The van der Waals surface area contributed by atoms with Crippen LogP contribution >= 0.6 is 11.7 Å². The van der Waals surface area contributed by atoms with Gasteiger partial charge in [-0.2, -0.15) is 4.37 Å². The van der Waals surface area contributed by atoms with Gasteiger partial charge in [0, 0.05) is 25.3 Å². The summed E-state index contributed by atoms with van der Waals surface area (Å²) in [6, 6.07) is -0.325. The molecule has 0 amide bonds. The molecule has 3 atom stereocenters. The summed E-state index contributed by atoms with van der Waals surface area (Å²) in [5.74, 6) is 0.843. The Labute approximate surface area is 185 Å². The van der Waals surface area contributed by atoms with Gasteiger partial charge in [-0.15, -0.1) is 4.37 Å². The van der Waals surface area contributed by atoms with Crippen LogP contribution in [0.25, 0.3) is 5.57 Å². The molecule has 1 aromatic heterocycles. The van der Waals surface area contributed by atoms with Crippen LogP contribution in [0.2, 0.25) is 0 Å². The van der Waals surface area contributed by atoms with Crippen molar-refractivity contribution in [2.24, 2.45) is 5.92 Å². The van der Waals surface area contributed by atoms with E-state index in [0.29, 0.717) is 22.9 Å². The van der Waals surface area contributed by atoms with E-state index >= 15 is 0 Å². The summed E-state index contributed by atoms with van der Waals surface area (Å²) >= 11 is 1.19. The highest BCUT2D eigenvalue weighted by Gasteiger charge is 2.38. The van der Waals surface area contributed by atoms with Gasteiger partial charge in [-0.1, -0.05) is 46.1 Å². The summed E-state index contributed by atoms with van der Waals surface area (Å²) in [4.78, 5) is 12.5. The molecule has 0 bridgehead atoms. The molecule has 170 valence electrons. The molecular formula is C22H40N4O3S+2. The lowest BCUT2D eigenvalue weighted by atomic mass is 10.0. The second kappa shape index (κ2) is 11.8. The van der Waals surface area contributed by atoms with Crippen LogP contribution in [0.1, 0.15) is 71.9 Å². The van der Waals surface area contributed by atoms with Crippen molar-refractivity contribution in [3.8, 4) is 5.88 Å². The number of nitrogens with zero attached hydrogens (tertiary/aromatic N) is 3. The number of ether oxygens (including phenoxy) is 2. The van der Waals surface area contributed by atoms with Gasteiger partial charge in [-0.05, 0) is 12.3 Å². The van der Waals surface area contributed by atoms with Crippen molar-refractivity contribution in [1.82, 2.24) is 8.75 Å². The van der Waals surface area contributed by atoms with Crippen LogP contribution in [0.3, 0.4) is 0 Å². The van der Waals surface area contributed by atoms with Crippen LogP contribution in [-0.4, -0.2) is 58.2 Å². The second-order valence-electron chi connectivity index (χ2n) is 9.07. The molecule has 0 aliphatic carbocycles. The third-order valence-electron chi connectivity index (χ3n) is 5.82. The van der Waals surface area contributed by atoms with Gasteiger partial charge < -0.3 is 15.2 Å². The number of aromatic nitrogens is 2. The molecule has 0 saturated carbocycles. The molecule has 1 aliphatic heterocycles. The first-order chi connectivity index (χ1) is 14.3. The zero-order valence-corrected chi connectivity index (χ0v) is 20.2. The van der Waals surface area contributed by atoms with E-state index in [4.69, 9.17) is 9.47 Å². The van der Waals surface area contributed by atoms with E-state index < -0.39 is 0 Å². The van der Waals surface area contributed by atoms with Crippen LogP contribution in [0.4, 0.5) is 0 Å². The molecule has 7 nitrogen and oxygen atoms in total. The third-order valence-corrected chi connectivity index (χ3v) is 6.33. The fourth-order valence-corrected chi connectivity index (χ4v) is 4.31. The number of unbranched alkanes of at least 4 members (excludes halogenated alkanes) is 3. The fraction of sp³-hybridized carbons (Fsp3) is 0.773. The van der Waals surface area contributed by atoms with Crippen LogP contribution < -0.4 is 10.5 Å². The standard InChI is InChI=1S/C22H39N4O3S/c1-6-7-8-9-13-28-21-20(24-30-25-21)18-11-10-12-26(5,15-18)17(4)29-22(27)19(23)14-16(2)3/h11,16-17,19H,6-10,12-15,23H2,1-5H3/q+1/p+1/t17?,19-,26?/m0/s1. The van der Waals surface area contributed by atoms with Crippen molar-refractivity contribution in [1.29, 1.82) is 0 Å². The Bertz CT molecular complexity index is 706. The highest BCUT2D eigenvalue weighted by molar-refractivity contribution is 6.99. The van der Waals surface area contributed by atoms with Gasteiger partial charge in [0.25, 0.3) is 5.88 Å². The number of carbonyl (C=O) groups is 1. The molecule has 30 heavy (non-hydrogen) atoms. The lowest BCUT2D eigenvalue weighted by Gasteiger charge is -2.41. The van der Waals surface area contributed by atoms with E-state index in [-0.39, 0.29) is 18.2 Å². The van der Waals surface area contributed by atoms with Gasteiger partial charge in [-0.3, -0.25) is 4.48 Å². The fourth-order valence-electron chi connectivity index (χ4n) is 3.77. The highest BCUT2D eigenvalue weighted by atomic mass is 32.1. The molecule has 8 heteroatoms. The van der Waals surface area contributed by atoms with Crippen molar-refractivity contribution in [2.45, 2.75) is 78.5 Å². The van der Waals surface area contributed by atoms with Gasteiger partial charge in [0.05, 0.1) is 31.9 Å². The van der Waals surface area contributed by atoms with Crippen LogP contribution in [0.5, 0.6) is 5.88 Å². The Balaban J connectivity index is 1.98. The van der Waals surface area contributed by atoms with Crippen LogP contribution in [0.15, 0.2) is 6.08 Å². The van der Waals surface area contributed by atoms with Crippen molar-refractivity contribution in [3.63, 3.8) is 0 Å². The van der Waals surface area contributed by atoms with Crippen LogP contribution in [0, 0.1) is 5.92 Å². The summed E-state index contributed by atoms with van der Waals surface area (Å²) < 4.78 is 21.3. The maximum absolute atomic E-state index is 12.5. The predicted octanol–water partition coefficient (Wildman–Crippen LogP) is 3.28. The summed E-state index contributed by atoms with van der Waals surface area (Å²) in [5.41, 5.74) is 5.95. The molecule has 0 spiro atoms. The number of likely N-dealkylation sites (N-methyl/N-ethyl adjacent to an activating group) is 1. The maximum Gasteiger partial charge on any atom is 0.369 e. The van der Waals surface area contributed by atoms with Crippen molar-refractivity contribution >= 4 is 23.3 Å². The van der Waals surface area contributed by atoms with Crippen molar-refractivity contribution < 1.29 is 24.5 Å². The summed E-state index contributed by atoms with van der Waals surface area (Å²) in [6.45, 7) is 10.7. The molecule has 0 fully saturated rings. The van der Waals surface area contributed by atoms with Crippen molar-refractivity contribution in [2.75, 3.05) is 26.7 Å². The first-order valence-electron chi connectivity index (χ1n) is 11.3. The number of carbonyl (C=O) groups excluding carboxylic acids is 1. The minimum absolute atomic E-state index is 0.210. The lowest BCUT2D eigenvalue weighted by molar-refractivity contribution is -0.944. The smallest absolute Gasteiger partial charge is 0.369 e. The number of quaternary nitrogens is 2. The lowest BCUT2D eigenvalue weighted by Crippen LogP contribution is -2.67. The topological polar surface area (TPSA) is 89.0 Å². The van der Waals surface area contributed by atoms with E-state index in [0.717, 1.165) is 43.6 Å². The van der Waals surface area contributed by atoms with Gasteiger partial charge in [0.1, 0.15) is 12.2 Å².